The minimum atomic E-state index is 0.347. The maximum absolute atomic E-state index is 5.33. The molecule has 0 aromatic carbocycles. The largest absolute Gasteiger partial charge is 0.379 e. The van der Waals surface area contributed by atoms with Crippen molar-refractivity contribution < 1.29 is 4.74 Å². The summed E-state index contributed by atoms with van der Waals surface area (Å²) in [4.78, 5) is 0. The van der Waals surface area contributed by atoms with Gasteiger partial charge in [-0.15, -0.1) is 0 Å². The smallest absolute Gasteiger partial charge is 0.163 e. The molecule has 1 rings (SSSR count). The Morgan fingerprint density at radius 1 is 1.64 bits per heavy atom. The molecule has 64 valence electrons. The van der Waals surface area contributed by atoms with Crippen LogP contribution in [0.2, 0.25) is 0 Å². The summed E-state index contributed by atoms with van der Waals surface area (Å²) in [6.45, 7) is 2.33. The predicted octanol–water partition coefficient (Wildman–Crippen LogP) is 0.246. The Balaban J connectivity index is 1.76. The summed E-state index contributed by atoms with van der Waals surface area (Å²) in [5.41, 5.74) is 5.21. The molecular formula is C7H14N2OS. The molecule has 0 spiro atoms. The van der Waals surface area contributed by atoms with Crippen molar-refractivity contribution >= 4 is 17.3 Å². The Bertz CT molecular complexity index is 136. The number of rotatable bonds is 5. The molecule has 0 amide bonds. The van der Waals surface area contributed by atoms with E-state index in [9.17, 15) is 0 Å². The predicted molar refractivity (Wildman–Crippen MR) is 48.3 cm³/mol. The molecule has 1 aliphatic carbocycles. The molecule has 0 radical (unpaired) electrons. The van der Waals surface area contributed by atoms with E-state index in [1.165, 1.54) is 12.8 Å². The summed E-state index contributed by atoms with van der Waals surface area (Å²) in [6, 6.07) is 0. The Labute approximate surface area is 72.3 Å². The molecule has 4 heteroatoms. The van der Waals surface area contributed by atoms with E-state index in [0.717, 1.165) is 19.1 Å². The van der Waals surface area contributed by atoms with Crippen LogP contribution in [-0.4, -0.2) is 24.9 Å². The molecular weight excluding hydrogens is 160 g/mol. The van der Waals surface area contributed by atoms with Crippen molar-refractivity contribution in [3.63, 3.8) is 0 Å². The van der Waals surface area contributed by atoms with Crippen LogP contribution >= 0.6 is 12.2 Å². The van der Waals surface area contributed by atoms with Crippen LogP contribution in [0.4, 0.5) is 0 Å². The lowest BCUT2D eigenvalue weighted by Gasteiger charge is -2.03. The Morgan fingerprint density at radius 3 is 2.91 bits per heavy atom. The first-order valence-corrected chi connectivity index (χ1v) is 4.31. The van der Waals surface area contributed by atoms with Gasteiger partial charge in [0.15, 0.2) is 5.11 Å². The third kappa shape index (κ3) is 4.98. The van der Waals surface area contributed by atoms with Gasteiger partial charge < -0.3 is 15.8 Å². The molecule has 1 aliphatic rings. The van der Waals surface area contributed by atoms with Crippen molar-refractivity contribution in [3.05, 3.63) is 0 Å². The van der Waals surface area contributed by atoms with Crippen molar-refractivity contribution in [2.45, 2.75) is 12.8 Å². The van der Waals surface area contributed by atoms with Gasteiger partial charge in [-0.2, -0.15) is 0 Å². The number of nitrogens with one attached hydrogen (secondary N) is 1. The monoisotopic (exact) mass is 174 g/mol. The summed E-state index contributed by atoms with van der Waals surface area (Å²) in [6.07, 6.45) is 2.67. The number of thiocarbonyl (C=S) groups is 1. The lowest BCUT2D eigenvalue weighted by molar-refractivity contribution is 0.129. The Morgan fingerprint density at radius 2 is 2.36 bits per heavy atom. The highest BCUT2D eigenvalue weighted by Gasteiger charge is 2.20. The molecule has 11 heavy (non-hydrogen) atoms. The minimum Gasteiger partial charge on any atom is -0.379 e. The molecule has 0 aliphatic heterocycles. The Kier molecular flexibility index (Phi) is 3.59. The molecule has 1 fully saturated rings. The molecule has 0 unspecified atom stereocenters. The highest BCUT2D eigenvalue weighted by molar-refractivity contribution is 7.80. The third-order valence-electron chi connectivity index (χ3n) is 1.60. The molecule has 0 heterocycles. The van der Waals surface area contributed by atoms with E-state index in [-0.39, 0.29) is 0 Å². The number of ether oxygens (including phenoxy) is 1. The molecule has 0 saturated heterocycles. The van der Waals surface area contributed by atoms with Gasteiger partial charge in [0.05, 0.1) is 6.61 Å². The van der Waals surface area contributed by atoms with Gasteiger partial charge in [-0.25, -0.2) is 0 Å². The van der Waals surface area contributed by atoms with Crippen LogP contribution in [-0.2, 0) is 4.74 Å². The van der Waals surface area contributed by atoms with Gasteiger partial charge in [0.1, 0.15) is 0 Å². The number of hydrogen-bond donors (Lipinski definition) is 2. The number of hydrogen-bond acceptors (Lipinski definition) is 2. The van der Waals surface area contributed by atoms with Gasteiger partial charge in [-0.05, 0) is 31.0 Å². The molecule has 3 N–H and O–H groups in total. The first-order valence-electron chi connectivity index (χ1n) is 3.90. The topological polar surface area (TPSA) is 47.3 Å². The van der Waals surface area contributed by atoms with Crippen molar-refractivity contribution in [3.8, 4) is 0 Å². The van der Waals surface area contributed by atoms with Crippen LogP contribution in [0, 0.1) is 5.92 Å². The highest BCUT2D eigenvalue weighted by Crippen LogP contribution is 2.28. The van der Waals surface area contributed by atoms with E-state index < -0.39 is 0 Å². The van der Waals surface area contributed by atoms with E-state index in [0.29, 0.717) is 11.7 Å². The van der Waals surface area contributed by atoms with E-state index in [2.05, 4.69) is 17.5 Å². The van der Waals surface area contributed by atoms with Gasteiger partial charge >= 0.3 is 0 Å². The summed E-state index contributed by atoms with van der Waals surface area (Å²) in [5.74, 6) is 0.833. The summed E-state index contributed by atoms with van der Waals surface area (Å²) >= 11 is 4.62. The number of nitrogens with two attached hydrogens (primary N) is 1. The van der Waals surface area contributed by atoms with Gasteiger partial charge in [0, 0.05) is 13.2 Å². The first-order chi connectivity index (χ1) is 5.29. The minimum absolute atomic E-state index is 0.347. The highest BCUT2D eigenvalue weighted by atomic mass is 32.1. The lowest BCUT2D eigenvalue weighted by Crippen LogP contribution is -2.31. The van der Waals surface area contributed by atoms with Crippen LogP contribution in [0.25, 0.3) is 0 Å². The van der Waals surface area contributed by atoms with Crippen molar-refractivity contribution in [1.82, 2.24) is 5.32 Å². The van der Waals surface area contributed by atoms with Gasteiger partial charge in [-0.3, -0.25) is 0 Å². The van der Waals surface area contributed by atoms with Crippen molar-refractivity contribution in [1.29, 1.82) is 0 Å². The normalized spacial score (nSPS) is 16.4. The van der Waals surface area contributed by atoms with E-state index in [4.69, 9.17) is 10.5 Å². The first kappa shape index (κ1) is 8.74. The third-order valence-corrected chi connectivity index (χ3v) is 1.74. The second kappa shape index (κ2) is 4.51. The van der Waals surface area contributed by atoms with Crippen LogP contribution in [0.5, 0.6) is 0 Å². The van der Waals surface area contributed by atoms with Gasteiger partial charge in [0.2, 0.25) is 0 Å². The van der Waals surface area contributed by atoms with Crippen LogP contribution in [0.15, 0.2) is 0 Å². The maximum Gasteiger partial charge on any atom is 0.163 e. The van der Waals surface area contributed by atoms with Gasteiger partial charge in [0.25, 0.3) is 0 Å². The zero-order chi connectivity index (χ0) is 8.10. The molecule has 0 atom stereocenters. The Hall–Kier alpha value is -0.350. The molecule has 1 saturated carbocycles. The van der Waals surface area contributed by atoms with Crippen LogP contribution in [0.1, 0.15) is 12.8 Å². The van der Waals surface area contributed by atoms with Crippen LogP contribution < -0.4 is 11.1 Å². The average Bonchev–Trinajstić information content (AvgIpc) is 2.70. The zero-order valence-electron chi connectivity index (χ0n) is 6.51. The van der Waals surface area contributed by atoms with Crippen LogP contribution in [0.3, 0.4) is 0 Å². The zero-order valence-corrected chi connectivity index (χ0v) is 7.32. The van der Waals surface area contributed by atoms with E-state index in [1.807, 2.05) is 0 Å². The maximum atomic E-state index is 5.33. The van der Waals surface area contributed by atoms with E-state index >= 15 is 0 Å². The lowest BCUT2D eigenvalue weighted by atomic mass is 10.5. The summed E-state index contributed by atoms with van der Waals surface area (Å²) < 4.78 is 5.33. The average molecular weight is 174 g/mol. The van der Waals surface area contributed by atoms with Crippen molar-refractivity contribution in [2.75, 3.05) is 19.8 Å². The summed E-state index contributed by atoms with van der Waals surface area (Å²) in [7, 11) is 0. The molecule has 0 bridgehead atoms. The quantitative estimate of drug-likeness (QED) is 0.463. The summed E-state index contributed by atoms with van der Waals surface area (Å²) in [5, 5.41) is 3.17. The molecule has 0 aromatic rings. The van der Waals surface area contributed by atoms with Crippen molar-refractivity contribution in [2.24, 2.45) is 11.7 Å². The second-order valence-electron chi connectivity index (χ2n) is 2.81. The molecule has 3 nitrogen and oxygen atoms in total. The second-order valence-corrected chi connectivity index (χ2v) is 3.25. The fourth-order valence-corrected chi connectivity index (χ4v) is 0.883. The fourth-order valence-electron chi connectivity index (χ4n) is 0.781. The fraction of sp³-hybridized carbons (Fsp3) is 0.857. The standard InChI is InChI=1S/C7H14N2OS/c8-7(11)9-3-4-10-5-6-1-2-6/h6H,1-5H2,(H3,8,9,11). The molecule has 0 aromatic heterocycles. The van der Waals surface area contributed by atoms with E-state index in [1.54, 1.807) is 0 Å². The van der Waals surface area contributed by atoms with Gasteiger partial charge in [-0.1, -0.05) is 0 Å². The SMILES string of the molecule is NC(=S)NCCOCC1CC1.